The number of hydrogen-bond donors (Lipinski definition) is 3. The van der Waals surface area contributed by atoms with Crippen LogP contribution in [0.2, 0.25) is 0 Å². The van der Waals surface area contributed by atoms with E-state index in [1.54, 1.807) is 61.6 Å². The van der Waals surface area contributed by atoms with Gasteiger partial charge in [0.15, 0.2) is 11.5 Å². The average molecular weight is 918 g/mol. The van der Waals surface area contributed by atoms with Crippen LogP contribution in [-0.2, 0) is 11.2 Å². The fourth-order valence-electron chi connectivity index (χ4n) is 9.43. The lowest BCUT2D eigenvalue weighted by molar-refractivity contribution is -0.127. The summed E-state index contributed by atoms with van der Waals surface area (Å²) in [6, 6.07) is 22.5. The molecule has 16 nitrogen and oxygen atoms in total. The minimum atomic E-state index is -2.95. The molecule has 3 saturated heterocycles. The normalized spacial score (nSPS) is 19.1. The van der Waals surface area contributed by atoms with Gasteiger partial charge in [-0.2, -0.15) is 5.26 Å². The van der Waals surface area contributed by atoms with Crippen LogP contribution in [0.25, 0.3) is 0 Å². The second-order valence-electron chi connectivity index (χ2n) is 16.8. The van der Waals surface area contributed by atoms with Gasteiger partial charge in [-0.05, 0) is 79.4 Å². The monoisotopic (exact) mass is 917 g/mol. The lowest BCUT2D eigenvalue weighted by Crippen LogP contribution is -2.62. The van der Waals surface area contributed by atoms with Gasteiger partial charge in [0.2, 0.25) is 5.91 Å². The number of urea groups is 1. The number of imide groups is 2. The number of carbonyl (C=O) groups excluding carboxylic acids is 4. The molecule has 3 fully saturated rings. The number of nitrogens with one attached hydrogen (secondary N) is 3. The van der Waals surface area contributed by atoms with Gasteiger partial charge in [0.25, 0.3) is 17.7 Å². The molecule has 8 rings (SSSR count). The number of piperidine rings is 1. The summed E-state index contributed by atoms with van der Waals surface area (Å²) in [7, 11) is 3.21. The summed E-state index contributed by atoms with van der Waals surface area (Å²) in [6.45, 7) is 4.43. The van der Waals surface area contributed by atoms with Crippen molar-refractivity contribution in [2.45, 2.75) is 50.6 Å². The highest BCUT2D eigenvalue weighted by Crippen LogP contribution is 2.41. The van der Waals surface area contributed by atoms with Crippen LogP contribution in [0.15, 0.2) is 78.9 Å². The number of likely N-dealkylation sites (tertiary alicyclic amines) is 1. The molecule has 1 unspecified atom stereocenters. The highest BCUT2D eigenvalue weighted by molar-refractivity contribution is 6.24. The van der Waals surface area contributed by atoms with Gasteiger partial charge in [0.1, 0.15) is 17.3 Å². The third-order valence-electron chi connectivity index (χ3n) is 12.8. The van der Waals surface area contributed by atoms with Crippen molar-refractivity contribution < 1.29 is 42.2 Å². The first kappa shape index (κ1) is 46.4. The second kappa shape index (κ2) is 19.8. The van der Waals surface area contributed by atoms with Crippen molar-refractivity contribution in [3.63, 3.8) is 0 Å². The first-order valence-corrected chi connectivity index (χ1v) is 22.4. The lowest BCUT2D eigenvalue weighted by Gasteiger charge is -2.46. The molecule has 4 aromatic rings. The maximum Gasteiger partial charge on any atom is 0.329 e. The molecule has 2 atom stereocenters. The number of nitriles is 1. The van der Waals surface area contributed by atoms with Crippen LogP contribution < -0.4 is 29.7 Å². The van der Waals surface area contributed by atoms with E-state index < -0.39 is 35.9 Å². The number of piperazine rings is 1. The molecule has 4 heterocycles. The van der Waals surface area contributed by atoms with Gasteiger partial charge in [-0.25, -0.2) is 13.6 Å². The van der Waals surface area contributed by atoms with Crippen molar-refractivity contribution in [3.05, 3.63) is 107 Å². The van der Waals surface area contributed by atoms with E-state index in [1.807, 2.05) is 45.9 Å². The van der Waals surface area contributed by atoms with Gasteiger partial charge < -0.3 is 24.4 Å². The Balaban J connectivity index is 0.841. The summed E-state index contributed by atoms with van der Waals surface area (Å²) >= 11 is 0. The van der Waals surface area contributed by atoms with Crippen LogP contribution in [-0.4, -0.2) is 134 Å². The van der Waals surface area contributed by atoms with Crippen molar-refractivity contribution in [1.29, 1.82) is 10.7 Å². The number of benzene rings is 4. The predicted octanol–water partition coefficient (Wildman–Crippen LogP) is 6.52. The Hall–Kier alpha value is -7.10. The Bertz CT molecular complexity index is 2600. The number of carbonyl (C=O) groups is 4. The van der Waals surface area contributed by atoms with E-state index in [0.29, 0.717) is 104 Å². The highest BCUT2D eigenvalue weighted by Gasteiger charge is 2.48. The average Bonchev–Trinajstić information content (AvgIpc) is 3.58. The molecular formula is C49H53F2N9O7. The van der Waals surface area contributed by atoms with E-state index in [9.17, 15) is 24.4 Å². The van der Waals surface area contributed by atoms with Gasteiger partial charge in [-0.3, -0.25) is 44.7 Å². The number of amidine groups is 1. The third kappa shape index (κ3) is 9.61. The number of hydrogen-bond acceptors (Lipinski definition) is 13. The SMILES string of the molecule is CCOc1cc([C@@H](CC#N)N2C(=O)c3cccc(N4CCN(C5CCN(CCc6ccc(Oc7ccc(C(=N)N8CCC(=O)NC8=O)c(NC)c7)cc6)CC5(F)F)CC4)c3C2=O)ccc1OC. The molecule has 4 aliphatic heterocycles. The van der Waals surface area contributed by atoms with E-state index in [1.165, 1.54) is 12.0 Å². The number of halogens is 2. The first-order chi connectivity index (χ1) is 32.3. The Morgan fingerprint density at radius 3 is 2.39 bits per heavy atom. The summed E-state index contributed by atoms with van der Waals surface area (Å²) in [6.07, 6.45) is 0.855. The smallest absolute Gasteiger partial charge is 0.329 e. The van der Waals surface area contributed by atoms with Gasteiger partial charge in [-0.1, -0.05) is 24.3 Å². The molecule has 0 spiro atoms. The maximum atomic E-state index is 16.0. The molecule has 4 aromatic carbocycles. The molecule has 67 heavy (non-hydrogen) atoms. The van der Waals surface area contributed by atoms with E-state index in [2.05, 4.69) is 16.7 Å². The van der Waals surface area contributed by atoms with Crippen molar-refractivity contribution >= 4 is 41.0 Å². The maximum absolute atomic E-state index is 16.0. The number of ether oxygens (including phenoxy) is 3. The lowest BCUT2D eigenvalue weighted by atomic mass is 9.97. The van der Waals surface area contributed by atoms with Gasteiger partial charge in [-0.15, -0.1) is 0 Å². The quantitative estimate of drug-likeness (QED) is 0.0668. The van der Waals surface area contributed by atoms with E-state index in [4.69, 9.17) is 19.6 Å². The molecule has 0 aromatic heterocycles. The predicted molar refractivity (Wildman–Crippen MR) is 246 cm³/mol. The number of amides is 5. The van der Waals surface area contributed by atoms with Gasteiger partial charge in [0, 0.05) is 76.6 Å². The molecule has 5 amide bonds. The molecule has 350 valence electrons. The molecule has 0 saturated carbocycles. The topological polar surface area (TPSA) is 184 Å². The zero-order valence-electron chi connectivity index (χ0n) is 37.6. The summed E-state index contributed by atoms with van der Waals surface area (Å²) < 4.78 is 49.2. The minimum Gasteiger partial charge on any atom is -0.493 e. The van der Waals surface area contributed by atoms with Crippen LogP contribution in [0.3, 0.4) is 0 Å². The van der Waals surface area contributed by atoms with Crippen molar-refractivity contribution in [2.75, 3.05) is 83.3 Å². The zero-order valence-corrected chi connectivity index (χ0v) is 37.6. The zero-order chi connectivity index (χ0) is 47.4. The summed E-state index contributed by atoms with van der Waals surface area (Å²) in [5, 5.41) is 23.7. The third-order valence-corrected chi connectivity index (χ3v) is 12.8. The number of methoxy groups -OCH3 is 1. The Morgan fingerprint density at radius 1 is 0.940 bits per heavy atom. The van der Waals surface area contributed by atoms with Crippen molar-refractivity contribution in [3.8, 4) is 29.1 Å². The molecule has 0 radical (unpaired) electrons. The van der Waals surface area contributed by atoms with Crippen LogP contribution in [0.5, 0.6) is 23.0 Å². The summed E-state index contributed by atoms with van der Waals surface area (Å²) in [4.78, 5) is 60.0. The van der Waals surface area contributed by atoms with E-state index in [0.717, 1.165) is 10.5 Å². The number of fused-ring (bicyclic) bond motifs is 1. The highest BCUT2D eigenvalue weighted by atomic mass is 19.3. The fraction of sp³-hybridized carbons (Fsp3) is 0.388. The molecule has 0 aliphatic carbocycles. The molecule has 4 aliphatic rings. The number of rotatable bonds is 15. The first-order valence-electron chi connectivity index (χ1n) is 22.4. The van der Waals surface area contributed by atoms with Crippen LogP contribution in [0.1, 0.15) is 69.6 Å². The van der Waals surface area contributed by atoms with E-state index >= 15 is 8.78 Å². The number of alkyl halides is 2. The second-order valence-corrected chi connectivity index (χ2v) is 16.8. The Morgan fingerprint density at radius 2 is 1.70 bits per heavy atom. The largest absolute Gasteiger partial charge is 0.493 e. The Kier molecular flexibility index (Phi) is 13.7. The van der Waals surface area contributed by atoms with Crippen LogP contribution >= 0.6 is 0 Å². The van der Waals surface area contributed by atoms with Crippen LogP contribution in [0, 0.1) is 16.7 Å². The van der Waals surface area contributed by atoms with Gasteiger partial charge in [0.05, 0.1) is 61.6 Å². The van der Waals surface area contributed by atoms with E-state index in [-0.39, 0.29) is 48.8 Å². The molecule has 0 bridgehead atoms. The van der Waals surface area contributed by atoms with Crippen molar-refractivity contribution in [1.82, 2.24) is 24.9 Å². The fourth-order valence-corrected chi connectivity index (χ4v) is 9.43. The molecule has 3 N–H and O–H groups in total. The molecular weight excluding hydrogens is 865 g/mol. The number of nitrogens with zero attached hydrogens (tertiary/aromatic N) is 6. The summed E-state index contributed by atoms with van der Waals surface area (Å²) in [5.74, 6) is -2.38. The van der Waals surface area contributed by atoms with Crippen LogP contribution in [0.4, 0.5) is 25.0 Å². The Labute approximate surface area is 387 Å². The minimum absolute atomic E-state index is 0.0439. The standard InChI is InChI=1S/C49H53F2N9O7/c1-4-66-41-28-32(10-15-40(41)65-3)38(16-20-52)60-46(62)36-6-5-7-39(44(36)47(60)63)57-24-26-58(27-25-57)42-18-22-56(30-49(42,50)51)21-17-31-8-11-33(12-9-31)67-34-13-14-35(37(29-34)54-2)45(53)59-23-19-43(61)55-48(59)64/h5-15,28-29,38,42,53-54H,4,16-19,21-27,30H2,1-3H3,(H,55,61,64)/t38-,42?/m1/s1. The van der Waals surface area contributed by atoms with Crippen molar-refractivity contribution in [2.24, 2.45) is 0 Å². The molecule has 18 heteroatoms. The summed E-state index contributed by atoms with van der Waals surface area (Å²) in [5.41, 5.74) is 3.63. The van der Waals surface area contributed by atoms with Gasteiger partial charge >= 0.3 is 6.03 Å². The number of anilines is 2.